The van der Waals surface area contributed by atoms with Gasteiger partial charge in [0.15, 0.2) is 0 Å². The Kier molecular flexibility index (Phi) is 11.5. The van der Waals surface area contributed by atoms with Crippen LogP contribution in [0, 0.1) is 0 Å². The van der Waals surface area contributed by atoms with Crippen LogP contribution in [0.1, 0.15) is 70.6 Å². The van der Waals surface area contributed by atoms with Crippen molar-refractivity contribution in [2.24, 2.45) is 0 Å². The van der Waals surface area contributed by atoms with Crippen LogP contribution in [0.25, 0.3) is 0 Å². The molecule has 0 aromatic heterocycles. The first-order chi connectivity index (χ1) is 10.3. The smallest absolute Gasteiger partial charge is 0.234 e. The lowest BCUT2D eigenvalue weighted by Gasteiger charge is -2.19. The Bertz CT molecular complexity index is 247. The Balaban J connectivity index is 2.19. The Hall–Kier alpha value is -0.610. The van der Waals surface area contributed by atoms with Crippen LogP contribution in [0.5, 0.6) is 0 Å². The van der Waals surface area contributed by atoms with Gasteiger partial charge < -0.3 is 15.4 Å². The minimum absolute atomic E-state index is 0.0816. The Labute approximate surface area is 130 Å². The largest absolute Gasteiger partial charge is 0.383 e. The zero-order valence-corrected chi connectivity index (χ0v) is 13.8. The topological polar surface area (TPSA) is 50.4 Å². The molecule has 4 nitrogen and oxygen atoms in total. The van der Waals surface area contributed by atoms with Crippen LogP contribution in [-0.4, -0.2) is 38.8 Å². The lowest BCUT2D eigenvalue weighted by Crippen LogP contribution is -2.40. The quantitative estimate of drug-likeness (QED) is 0.741. The fourth-order valence-corrected chi connectivity index (χ4v) is 2.96. The number of ether oxygens (including phenoxy) is 1. The normalized spacial score (nSPS) is 19.5. The number of carbonyl (C=O) groups excluding carboxylic acids is 1. The van der Waals surface area contributed by atoms with Gasteiger partial charge in [0, 0.05) is 19.7 Å². The molecular weight excluding hydrogens is 264 g/mol. The van der Waals surface area contributed by atoms with Crippen molar-refractivity contribution in [1.82, 2.24) is 10.6 Å². The molecule has 2 N–H and O–H groups in total. The van der Waals surface area contributed by atoms with Gasteiger partial charge in [-0.25, -0.2) is 0 Å². The van der Waals surface area contributed by atoms with Gasteiger partial charge in [0.05, 0.1) is 13.2 Å². The van der Waals surface area contributed by atoms with Gasteiger partial charge >= 0.3 is 0 Å². The summed E-state index contributed by atoms with van der Waals surface area (Å²) in [6.07, 6.45) is 14.7. The van der Waals surface area contributed by atoms with E-state index in [2.05, 4.69) is 10.6 Å². The molecule has 0 unspecified atom stereocenters. The number of hydrogen-bond donors (Lipinski definition) is 2. The SMILES string of the molecule is COCCNC(=O)CNC1CCCCCCCCCCC1. The van der Waals surface area contributed by atoms with Gasteiger partial charge in [-0.1, -0.05) is 57.8 Å². The van der Waals surface area contributed by atoms with E-state index in [9.17, 15) is 4.79 Å². The lowest BCUT2D eigenvalue weighted by atomic mass is 9.98. The summed E-state index contributed by atoms with van der Waals surface area (Å²) < 4.78 is 4.93. The summed E-state index contributed by atoms with van der Waals surface area (Å²) in [5, 5.41) is 6.31. The summed E-state index contributed by atoms with van der Waals surface area (Å²) in [5.74, 6) is 0.0816. The third kappa shape index (κ3) is 10.7. The van der Waals surface area contributed by atoms with Gasteiger partial charge in [0.2, 0.25) is 5.91 Å². The van der Waals surface area contributed by atoms with E-state index in [1.54, 1.807) is 7.11 Å². The second-order valence-electron chi connectivity index (χ2n) is 6.18. The zero-order chi connectivity index (χ0) is 15.2. The van der Waals surface area contributed by atoms with Crippen molar-refractivity contribution < 1.29 is 9.53 Å². The summed E-state index contributed by atoms with van der Waals surface area (Å²) in [7, 11) is 1.65. The van der Waals surface area contributed by atoms with Crippen LogP contribution in [-0.2, 0) is 9.53 Å². The number of methoxy groups -OCH3 is 1. The van der Waals surface area contributed by atoms with Gasteiger partial charge in [0.1, 0.15) is 0 Å². The fourth-order valence-electron chi connectivity index (χ4n) is 2.96. The molecule has 0 radical (unpaired) electrons. The molecule has 124 valence electrons. The molecule has 0 bridgehead atoms. The molecule has 1 rings (SSSR count). The van der Waals surface area contributed by atoms with E-state index in [-0.39, 0.29) is 5.91 Å². The van der Waals surface area contributed by atoms with E-state index in [1.165, 1.54) is 70.6 Å². The number of carbonyl (C=O) groups is 1. The van der Waals surface area contributed by atoms with Gasteiger partial charge in [-0.2, -0.15) is 0 Å². The number of amides is 1. The molecule has 1 aliphatic rings. The molecule has 1 saturated carbocycles. The third-order valence-electron chi connectivity index (χ3n) is 4.28. The van der Waals surface area contributed by atoms with Crippen molar-refractivity contribution in [3.63, 3.8) is 0 Å². The Morgan fingerprint density at radius 2 is 1.48 bits per heavy atom. The molecule has 0 aromatic carbocycles. The molecule has 0 spiro atoms. The molecule has 1 amide bonds. The second-order valence-corrected chi connectivity index (χ2v) is 6.18. The first-order valence-electron chi connectivity index (χ1n) is 8.82. The Morgan fingerprint density at radius 3 is 2.00 bits per heavy atom. The zero-order valence-electron chi connectivity index (χ0n) is 13.8. The standard InChI is InChI=1S/C17H34N2O2/c1-21-14-13-18-17(20)15-19-16-11-9-7-5-3-2-4-6-8-10-12-16/h16,19H,2-15H2,1H3,(H,18,20). The van der Waals surface area contributed by atoms with E-state index >= 15 is 0 Å². The third-order valence-corrected chi connectivity index (χ3v) is 4.28. The van der Waals surface area contributed by atoms with E-state index in [0.29, 0.717) is 25.7 Å². The van der Waals surface area contributed by atoms with Crippen LogP contribution in [0.4, 0.5) is 0 Å². The van der Waals surface area contributed by atoms with Crippen molar-refractivity contribution >= 4 is 5.91 Å². The molecule has 0 aliphatic heterocycles. The van der Waals surface area contributed by atoms with Crippen LogP contribution >= 0.6 is 0 Å². The maximum atomic E-state index is 11.7. The van der Waals surface area contributed by atoms with Gasteiger partial charge in [-0.15, -0.1) is 0 Å². The molecule has 21 heavy (non-hydrogen) atoms. The van der Waals surface area contributed by atoms with Crippen LogP contribution in [0.2, 0.25) is 0 Å². The van der Waals surface area contributed by atoms with Crippen LogP contribution in [0.15, 0.2) is 0 Å². The van der Waals surface area contributed by atoms with E-state index < -0.39 is 0 Å². The van der Waals surface area contributed by atoms with Gasteiger partial charge in [-0.3, -0.25) is 4.79 Å². The highest BCUT2D eigenvalue weighted by Crippen LogP contribution is 2.16. The summed E-state index contributed by atoms with van der Waals surface area (Å²) in [4.78, 5) is 11.7. The molecular formula is C17H34N2O2. The average molecular weight is 298 g/mol. The monoisotopic (exact) mass is 298 g/mol. The summed E-state index contributed by atoms with van der Waals surface area (Å²) >= 11 is 0. The lowest BCUT2D eigenvalue weighted by molar-refractivity contribution is -0.120. The molecule has 0 heterocycles. The molecule has 1 fully saturated rings. The predicted octanol–water partition coefficient (Wildman–Crippen LogP) is 3.01. The number of hydrogen-bond acceptors (Lipinski definition) is 3. The predicted molar refractivity (Wildman–Crippen MR) is 87.5 cm³/mol. The fraction of sp³-hybridized carbons (Fsp3) is 0.941. The molecule has 4 heteroatoms. The van der Waals surface area contributed by atoms with Crippen molar-refractivity contribution in [1.29, 1.82) is 0 Å². The highest BCUT2D eigenvalue weighted by molar-refractivity contribution is 5.77. The van der Waals surface area contributed by atoms with Crippen LogP contribution < -0.4 is 10.6 Å². The first-order valence-corrected chi connectivity index (χ1v) is 8.82. The summed E-state index contributed by atoms with van der Waals surface area (Å²) in [5.41, 5.74) is 0. The summed E-state index contributed by atoms with van der Waals surface area (Å²) in [6, 6.07) is 0.512. The number of nitrogens with one attached hydrogen (secondary N) is 2. The average Bonchev–Trinajstić information content (AvgIpc) is 2.47. The highest BCUT2D eigenvalue weighted by Gasteiger charge is 2.10. The van der Waals surface area contributed by atoms with Crippen molar-refractivity contribution in [3.8, 4) is 0 Å². The Morgan fingerprint density at radius 1 is 0.952 bits per heavy atom. The molecule has 0 atom stereocenters. The maximum absolute atomic E-state index is 11.7. The molecule has 0 saturated heterocycles. The molecule has 0 aromatic rings. The second kappa shape index (κ2) is 13.1. The van der Waals surface area contributed by atoms with Gasteiger partial charge in [0.25, 0.3) is 0 Å². The van der Waals surface area contributed by atoms with Crippen molar-refractivity contribution in [3.05, 3.63) is 0 Å². The van der Waals surface area contributed by atoms with E-state index in [1.807, 2.05) is 0 Å². The van der Waals surface area contributed by atoms with E-state index in [0.717, 1.165) is 0 Å². The number of rotatable bonds is 6. The van der Waals surface area contributed by atoms with Gasteiger partial charge in [-0.05, 0) is 12.8 Å². The van der Waals surface area contributed by atoms with Crippen molar-refractivity contribution in [2.75, 3.05) is 26.8 Å². The molecule has 1 aliphatic carbocycles. The summed E-state index contributed by atoms with van der Waals surface area (Å²) in [6.45, 7) is 1.62. The first kappa shape index (κ1) is 18.4. The van der Waals surface area contributed by atoms with E-state index in [4.69, 9.17) is 4.74 Å². The van der Waals surface area contributed by atoms with Crippen LogP contribution in [0.3, 0.4) is 0 Å². The highest BCUT2D eigenvalue weighted by atomic mass is 16.5. The minimum Gasteiger partial charge on any atom is -0.383 e. The maximum Gasteiger partial charge on any atom is 0.234 e. The van der Waals surface area contributed by atoms with Crippen molar-refractivity contribution in [2.45, 2.75) is 76.7 Å². The minimum atomic E-state index is 0.0816.